The monoisotopic (exact) mass is 274 g/mol. The number of rotatable bonds is 5. The van der Waals surface area contributed by atoms with E-state index in [0.717, 1.165) is 24.9 Å². The first-order valence-corrected chi connectivity index (χ1v) is 8.02. The Morgan fingerprint density at radius 1 is 1.30 bits per heavy atom. The van der Waals surface area contributed by atoms with Gasteiger partial charge in [0, 0.05) is 18.6 Å². The third kappa shape index (κ3) is 3.42. The Bertz CT molecular complexity index is 401. The summed E-state index contributed by atoms with van der Waals surface area (Å²) in [6.07, 6.45) is 5.19. The van der Waals surface area contributed by atoms with Crippen LogP contribution in [0.2, 0.25) is 0 Å². The van der Waals surface area contributed by atoms with Crippen LogP contribution in [0.5, 0.6) is 0 Å². The normalized spacial score (nSPS) is 27.2. The number of hydrogen-bond acceptors (Lipinski definition) is 2. The zero-order chi connectivity index (χ0) is 14.6. The highest BCUT2D eigenvalue weighted by molar-refractivity contribution is 5.15. The van der Waals surface area contributed by atoms with Gasteiger partial charge in [-0.25, -0.2) is 0 Å². The number of nitrogens with zero attached hydrogens (tertiary/aromatic N) is 1. The van der Waals surface area contributed by atoms with Crippen LogP contribution in [0.25, 0.3) is 0 Å². The summed E-state index contributed by atoms with van der Waals surface area (Å²) in [5.41, 5.74) is 7.79. The minimum absolute atomic E-state index is 0.197. The molecule has 2 atom stereocenters. The summed E-state index contributed by atoms with van der Waals surface area (Å²) in [5.74, 6) is 1.59. The molecule has 112 valence electrons. The van der Waals surface area contributed by atoms with Crippen LogP contribution in [0.1, 0.15) is 45.1 Å². The standard InChI is InChI=1S/C18H30N2/c1-15(2)17-10-7-11-18(12-17,14-19)20(3)13-16-8-5-4-6-9-16/h4-6,8-9,15,17H,7,10-14,19H2,1-3H3. The van der Waals surface area contributed by atoms with Gasteiger partial charge < -0.3 is 5.73 Å². The zero-order valence-electron chi connectivity index (χ0n) is 13.3. The fraction of sp³-hybridized carbons (Fsp3) is 0.667. The van der Waals surface area contributed by atoms with E-state index in [4.69, 9.17) is 5.73 Å². The van der Waals surface area contributed by atoms with E-state index in [2.05, 4.69) is 56.1 Å². The lowest BCUT2D eigenvalue weighted by molar-refractivity contribution is 0.0396. The van der Waals surface area contributed by atoms with Crippen molar-refractivity contribution in [3.63, 3.8) is 0 Å². The third-order valence-electron chi connectivity index (χ3n) is 5.25. The average Bonchev–Trinajstić information content (AvgIpc) is 2.48. The van der Waals surface area contributed by atoms with Crippen LogP contribution < -0.4 is 5.73 Å². The van der Waals surface area contributed by atoms with Crippen molar-refractivity contribution in [2.45, 2.75) is 51.6 Å². The van der Waals surface area contributed by atoms with Crippen LogP contribution >= 0.6 is 0 Å². The first-order valence-electron chi connectivity index (χ1n) is 8.02. The van der Waals surface area contributed by atoms with Gasteiger partial charge >= 0.3 is 0 Å². The van der Waals surface area contributed by atoms with Crippen molar-refractivity contribution in [2.75, 3.05) is 13.6 Å². The van der Waals surface area contributed by atoms with Gasteiger partial charge in [-0.3, -0.25) is 4.90 Å². The molecule has 0 aliphatic heterocycles. The van der Waals surface area contributed by atoms with Crippen LogP contribution in [-0.4, -0.2) is 24.0 Å². The van der Waals surface area contributed by atoms with Crippen molar-refractivity contribution < 1.29 is 0 Å². The highest BCUT2D eigenvalue weighted by Crippen LogP contribution is 2.39. The van der Waals surface area contributed by atoms with Crippen molar-refractivity contribution in [1.29, 1.82) is 0 Å². The predicted octanol–water partition coefficient (Wildman–Crippen LogP) is 3.66. The maximum absolute atomic E-state index is 6.21. The lowest BCUT2D eigenvalue weighted by Gasteiger charge is -2.47. The molecule has 20 heavy (non-hydrogen) atoms. The number of nitrogens with two attached hydrogens (primary N) is 1. The molecular weight excluding hydrogens is 244 g/mol. The fourth-order valence-corrected chi connectivity index (χ4v) is 3.67. The van der Waals surface area contributed by atoms with E-state index in [1.807, 2.05) is 0 Å². The van der Waals surface area contributed by atoms with E-state index >= 15 is 0 Å². The van der Waals surface area contributed by atoms with Gasteiger partial charge in [0.2, 0.25) is 0 Å². The van der Waals surface area contributed by atoms with E-state index in [0.29, 0.717) is 0 Å². The van der Waals surface area contributed by atoms with Crippen molar-refractivity contribution in [3.05, 3.63) is 35.9 Å². The van der Waals surface area contributed by atoms with Gasteiger partial charge in [0.25, 0.3) is 0 Å². The van der Waals surface area contributed by atoms with Gasteiger partial charge in [-0.05, 0) is 37.3 Å². The van der Waals surface area contributed by atoms with Crippen molar-refractivity contribution >= 4 is 0 Å². The van der Waals surface area contributed by atoms with Gasteiger partial charge in [-0.15, -0.1) is 0 Å². The molecule has 2 heteroatoms. The Labute approximate surface area is 124 Å². The lowest BCUT2D eigenvalue weighted by Crippen LogP contribution is -2.54. The molecule has 0 spiro atoms. The summed E-state index contributed by atoms with van der Waals surface area (Å²) in [6, 6.07) is 10.7. The molecule has 0 heterocycles. The summed E-state index contributed by atoms with van der Waals surface area (Å²) < 4.78 is 0. The van der Waals surface area contributed by atoms with Crippen LogP contribution in [0.4, 0.5) is 0 Å². The van der Waals surface area contributed by atoms with Gasteiger partial charge in [0.15, 0.2) is 0 Å². The van der Waals surface area contributed by atoms with Gasteiger partial charge in [-0.2, -0.15) is 0 Å². The summed E-state index contributed by atoms with van der Waals surface area (Å²) in [7, 11) is 2.25. The largest absolute Gasteiger partial charge is 0.329 e. The Hall–Kier alpha value is -0.860. The molecule has 1 saturated carbocycles. The van der Waals surface area contributed by atoms with Crippen LogP contribution in [0.3, 0.4) is 0 Å². The van der Waals surface area contributed by atoms with Crippen LogP contribution in [-0.2, 0) is 6.54 Å². The van der Waals surface area contributed by atoms with E-state index in [1.165, 1.54) is 31.2 Å². The van der Waals surface area contributed by atoms with E-state index < -0.39 is 0 Å². The Morgan fingerprint density at radius 2 is 2.00 bits per heavy atom. The minimum atomic E-state index is 0.197. The van der Waals surface area contributed by atoms with Gasteiger partial charge in [-0.1, -0.05) is 57.0 Å². The van der Waals surface area contributed by atoms with Gasteiger partial charge in [0.05, 0.1) is 0 Å². The third-order valence-corrected chi connectivity index (χ3v) is 5.25. The fourth-order valence-electron chi connectivity index (χ4n) is 3.67. The number of likely N-dealkylation sites (N-methyl/N-ethyl adjacent to an activating group) is 1. The molecule has 0 aromatic heterocycles. The van der Waals surface area contributed by atoms with E-state index in [1.54, 1.807) is 0 Å². The molecule has 0 saturated heterocycles. The van der Waals surface area contributed by atoms with E-state index in [9.17, 15) is 0 Å². The average molecular weight is 274 g/mol. The zero-order valence-corrected chi connectivity index (χ0v) is 13.3. The molecular formula is C18H30N2. The van der Waals surface area contributed by atoms with Gasteiger partial charge in [0.1, 0.15) is 0 Å². The second-order valence-corrected chi connectivity index (χ2v) is 6.87. The SMILES string of the molecule is CC(C)C1CCCC(CN)(N(C)Cc2ccccc2)C1. The minimum Gasteiger partial charge on any atom is -0.329 e. The van der Waals surface area contributed by atoms with Crippen LogP contribution in [0.15, 0.2) is 30.3 Å². The second-order valence-electron chi connectivity index (χ2n) is 6.87. The molecule has 2 unspecified atom stereocenters. The van der Waals surface area contributed by atoms with E-state index in [-0.39, 0.29) is 5.54 Å². The molecule has 1 aromatic carbocycles. The molecule has 1 aliphatic carbocycles. The van der Waals surface area contributed by atoms with Crippen molar-refractivity contribution in [1.82, 2.24) is 4.90 Å². The quantitative estimate of drug-likeness (QED) is 0.888. The second kappa shape index (κ2) is 6.73. The molecule has 0 radical (unpaired) electrons. The first-order chi connectivity index (χ1) is 9.57. The summed E-state index contributed by atoms with van der Waals surface area (Å²) in [6.45, 7) is 6.49. The molecule has 1 aromatic rings. The number of benzene rings is 1. The smallest absolute Gasteiger partial charge is 0.0334 e. The maximum atomic E-state index is 6.21. The highest BCUT2D eigenvalue weighted by Gasteiger charge is 2.39. The lowest BCUT2D eigenvalue weighted by atomic mass is 9.71. The molecule has 2 rings (SSSR count). The van der Waals surface area contributed by atoms with Crippen molar-refractivity contribution in [2.24, 2.45) is 17.6 Å². The Balaban J connectivity index is 2.09. The topological polar surface area (TPSA) is 29.3 Å². The Morgan fingerprint density at radius 3 is 2.60 bits per heavy atom. The Kier molecular flexibility index (Phi) is 5.22. The maximum Gasteiger partial charge on any atom is 0.0334 e. The molecule has 2 N–H and O–H groups in total. The van der Waals surface area contributed by atoms with Crippen molar-refractivity contribution in [3.8, 4) is 0 Å². The molecule has 1 fully saturated rings. The molecule has 0 amide bonds. The summed E-state index contributed by atoms with van der Waals surface area (Å²) >= 11 is 0. The first kappa shape index (κ1) is 15.5. The molecule has 2 nitrogen and oxygen atoms in total. The highest BCUT2D eigenvalue weighted by atomic mass is 15.2. The summed E-state index contributed by atoms with van der Waals surface area (Å²) in [4.78, 5) is 2.51. The molecule has 0 bridgehead atoms. The molecule has 1 aliphatic rings. The number of hydrogen-bond donors (Lipinski definition) is 1. The predicted molar refractivity (Wildman–Crippen MR) is 86.5 cm³/mol. The summed E-state index contributed by atoms with van der Waals surface area (Å²) in [5, 5.41) is 0. The van der Waals surface area contributed by atoms with Crippen LogP contribution in [0, 0.1) is 11.8 Å².